The summed E-state index contributed by atoms with van der Waals surface area (Å²) < 4.78 is 20.0. The SMILES string of the molecule is CC(Cl)COP(O)OCC(C)OP(O)OCC(C)Cl. The number of alkyl halides is 2. The Labute approximate surface area is 126 Å². The quantitative estimate of drug-likeness (QED) is 0.437. The van der Waals surface area contributed by atoms with Gasteiger partial charge in [-0.15, -0.1) is 23.2 Å². The van der Waals surface area contributed by atoms with Crippen LogP contribution in [0.25, 0.3) is 0 Å². The van der Waals surface area contributed by atoms with E-state index in [9.17, 15) is 9.79 Å². The molecule has 0 aliphatic heterocycles. The summed E-state index contributed by atoms with van der Waals surface area (Å²) in [7, 11) is -3.99. The molecule has 0 radical (unpaired) electrons. The van der Waals surface area contributed by atoms with Crippen LogP contribution in [0.1, 0.15) is 20.8 Å². The highest BCUT2D eigenvalue weighted by Gasteiger charge is 2.16. The van der Waals surface area contributed by atoms with Crippen LogP contribution in [-0.2, 0) is 18.1 Å². The van der Waals surface area contributed by atoms with Gasteiger partial charge in [-0.25, -0.2) is 0 Å². The third-order valence-corrected chi connectivity index (χ3v) is 3.42. The fourth-order valence-electron chi connectivity index (χ4n) is 0.754. The first kappa shape index (κ1) is 20.2. The Kier molecular flexibility index (Phi) is 12.6. The zero-order chi connectivity index (χ0) is 14.8. The summed E-state index contributed by atoms with van der Waals surface area (Å²) in [6.45, 7) is 5.61. The molecule has 0 aliphatic rings. The highest BCUT2D eigenvalue weighted by atomic mass is 35.5. The van der Waals surface area contributed by atoms with Gasteiger partial charge in [0.25, 0.3) is 0 Å². The first-order valence-electron chi connectivity index (χ1n) is 5.63. The van der Waals surface area contributed by atoms with Gasteiger partial charge in [0.15, 0.2) is 0 Å². The third kappa shape index (κ3) is 13.9. The van der Waals surface area contributed by atoms with E-state index in [0.717, 1.165) is 0 Å². The van der Waals surface area contributed by atoms with Crippen molar-refractivity contribution in [3.8, 4) is 0 Å². The summed E-state index contributed by atoms with van der Waals surface area (Å²) in [5, 5.41) is -0.408. The highest BCUT2D eigenvalue weighted by Crippen LogP contribution is 2.37. The largest absolute Gasteiger partial charge is 0.330 e. The summed E-state index contributed by atoms with van der Waals surface area (Å²) in [6, 6.07) is 0. The minimum atomic E-state index is -2.00. The lowest BCUT2D eigenvalue weighted by Crippen LogP contribution is -2.14. The molecule has 0 amide bonds. The van der Waals surface area contributed by atoms with Gasteiger partial charge < -0.3 is 27.9 Å². The molecule has 0 rings (SSSR count). The number of halogens is 2. The van der Waals surface area contributed by atoms with Gasteiger partial charge in [0.1, 0.15) is 0 Å². The summed E-state index contributed by atoms with van der Waals surface area (Å²) in [5.74, 6) is 0. The molecule has 0 bridgehead atoms. The minimum absolute atomic E-state index is 0.0675. The maximum absolute atomic E-state index is 9.41. The molecular weight excluding hydrogens is 337 g/mol. The molecule has 0 saturated heterocycles. The lowest BCUT2D eigenvalue weighted by Gasteiger charge is -2.18. The topological polar surface area (TPSA) is 77.4 Å². The van der Waals surface area contributed by atoms with Crippen molar-refractivity contribution in [3.05, 3.63) is 0 Å². The Morgan fingerprint density at radius 3 is 1.74 bits per heavy atom. The molecular formula is C9H20Cl2O6P2. The summed E-state index contributed by atoms with van der Waals surface area (Å²) >= 11 is 11.3. The Hall–Kier alpha value is 1.20. The van der Waals surface area contributed by atoms with Crippen LogP contribution in [0.15, 0.2) is 0 Å². The maximum atomic E-state index is 9.41. The van der Waals surface area contributed by atoms with Crippen molar-refractivity contribution in [2.45, 2.75) is 37.6 Å². The first-order valence-corrected chi connectivity index (χ1v) is 8.76. The Morgan fingerprint density at radius 1 is 0.842 bits per heavy atom. The van der Waals surface area contributed by atoms with Crippen molar-refractivity contribution < 1.29 is 27.9 Å². The number of hydrogen-bond acceptors (Lipinski definition) is 6. The molecule has 0 aliphatic carbocycles. The zero-order valence-corrected chi connectivity index (χ0v) is 14.3. The van der Waals surface area contributed by atoms with Gasteiger partial charge >= 0.3 is 17.2 Å². The van der Waals surface area contributed by atoms with Crippen LogP contribution < -0.4 is 0 Å². The van der Waals surface area contributed by atoms with Crippen molar-refractivity contribution in [1.82, 2.24) is 0 Å². The molecule has 19 heavy (non-hydrogen) atoms. The molecule has 0 heterocycles. The van der Waals surface area contributed by atoms with Gasteiger partial charge in [0.2, 0.25) is 0 Å². The number of rotatable bonds is 11. The first-order chi connectivity index (χ1) is 8.81. The van der Waals surface area contributed by atoms with Crippen molar-refractivity contribution in [1.29, 1.82) is 0 Å². The van der Waals surface area contributed by atoms with E-state index in [1.54, 1.807) is 20.8 Å². The lowest BCUT2D eigenvalue weighted by atomic mass is 10.5. The molecule has 5 atom stereocenters. The van der Waals surface area contributed by atoms with Crippen LogP contribution in [0.5, 0.6) is 0 Å². The van der Waals surface area contributed by atoms with Gasteiger partial charge in [0.05, 0.1) is 36.7 Å². The molecule has 0 saturated carbocycles. The van der Waals surface area contributed by atoms with Crippen molar-refractivity contribution in [3.63, 3.8) is 0 Å². The van der Waals surface area contributed by atoms with Crippen LogP contribution in [0.3, 0.4) is 0 Å². The van der Waals surface area contributed by atoms with Gasteiger partial charge in [0, 0.05) is 0 Å². The van der Waals surface area contributed by atoms with E-state index in [4.69, 9.17) is 41.3 Å². The summed E-state index contributed by atoms with van der Waals surface area (Å²) in [4.78, 5) is 18.8. The van der Waals surface area contributed by atoms with E-state index >= 15 is 0 Å². The molecule has 0 aromatic rings. The molecule has 10 heteroatoms. The van der Waals surface area contributed by atoms with Gasteiger partial charge in [-0.1, -0.05) is 0 Å². The fourth-order valence-corrected chi connectivity index (χ4v) is 2.60. The predicted molar refractivity (Wildman–Crippen MR) is 77.3 cm³/mol. The van der Waals surface area contributed by atoms with Gasteiger partial charge in [-0.05, 0) is 20.8 Å². The van der Waals surface area contributed by atoms with Gasteiger partial charge in [-0.2, -0.15) is 0 Å². The lowest BCUT2D eigenvalue weighted by molar-refractivity contribution is 0.0971. The normalized spacial score (nSPS) is 19.7. The molecule has 5 unspecified atom stereocenters. The molecule has 6 nitrogen and oxygen atoms in total. The molecule has 2 N–H and O–H groups in total. The molecule has 0 aromatic carbocycles. The van der Waals surface area contributed by atoms with E-state index in [1.807, 2.05) is 0 Å². The second-order valence-electron chi connectivity index (χ2n) is 3.84. The van der Waals surface area contributed by atoms with Crippen molar-refractivity contribution >= 4 is 40.4 Å². The standard InChI is InChI=1S/C9H20Cl2O6P2/c1-7(10)4-14-18(12)16-6-9(3)17-19(13)15-5-8(2)11/h7-9,12-13H,4-6H2,1-3H3. The van der Waals surface area contributed by atoms with E-state index in [1.165, 1.54) is 0 Å². The van der Waals surface area contributed by atoms with Crippen molar-refractivity contribution in [2.75, 3.05) is 19.8 Å². The Morgan fingerprint density at radius 2 is 1.26 bits per heavy atom. The third-order valence-electron chi connectivity index (χ3n) is 1.52. The average Bonchev–Trinajstić information content (AvgIpc) is 2.31. The predicted octanol–water partition coefficient (Wildman–Crippen LogP) is 3.13. The van der Waals surface area contributed by atoms with E-state index < -0.39 is 23.3 Å². The second kappa shape index (κ2) is 11.8. The molecule has 0 aromatic heterocycles. The van der Waals surface area contributed by atoms with Gasteiger partial charge in [-0.3, -0.25) is 0 Å². The molecule has 0 spiro atoms. The zero-order valence-electron chi connectivity index (χ0n) is 11.0. The van der Waals surface area contributed by atoms with Crippen LogP contribution in [0.2, 0.25) is 0 Å². The van der Waals surface area contributed by atoms with Crippen LogP contribution >= 0.6 is 40.4 Å². The average molecular weight is 357 g/mol. The summed E-state index contributed by atoms with van der Waals surface area (Å²) in [5.41, 5.74) is 0. The summed E-state index contributed by atoms with van der Waals surface area (Å²) in [6.07, 6.45) is -0.448. The molecule has 116 valence electrons. The Balaban J connectivity index is 3.64. The Bertz CT molecular complexity index is 225. The monoisotopic (exact) mass is 356 g/mol. The van der Waals surface area contributed by atoms with Crippen molar-refractivity contribution in [2.24, 2.45) is 0 Å². The van der Waals surface area contributed by atoms with Crippen LogP contribution in [0.4, 0.5) is 0 Å². The van der Waals surface area contributed by atoms with E-state index in [-0.39, 0.29) is 30.6 Å². The number of hydrogen-bond donors (Lipinski definition) is 2. The second-order valence-corrected chi connectivity index (χ2v) is 7.27. The maximum Gasteiger partial charge on any atom is 0.330 e. The van der Waals surface area contributed by atoms with E-state index in [0.29, 0.717) is 0 Å². The minimum Gasteiger partial charge on any atom is -0.328 e. The highest BCUT2D eigenvalue weighted by molar-refractivity contribution is 7.40. The fraction of sp³-hybridized carbons (Fsp3) is 1.00. The van der Waals surface area contributed by atoms with Crippen LogP contribution in [-0.4, -0.2) is 46.5 Å². The molecule has 0 fully saturated rings. The van der Waals surface area contributed by atoms with E-state index in [2.05, 4.69) is 0 Å². The van der Waals surface area contributed by atoms with Crippen LogP contribution in [0, 0.1) is 0 Å². The smallest absolute Gasteiger partial charge is 0.328 e.